The van der Waals surface area contributed by atoms with Gasteiger partial charge in [0.05, 0.1) is 44.0 Å². The Kier molecular flexibility index (Phi) is 39.9. The maximum absolute atomic E-state index is 14.5. The number of esters is 4. The number of hydrogen-bond donors (Lipinski definition) is 5. The summed E-state index contributed by atoms with van der Waals surface area (Å²) in [5, 5.41) is 13.3. The number of nitrogens with zero attached hydrogens (tertiary/aromatic N) is 1. The lowest BCUT2D eigenvalue weighted by atomic mass is 9.79. The third kappa shape index (κ3) is 30.6. The van der Waals surface area contributed by atoms with Crippen LogP contribution in [0.2, 0.25) is 0 Å². The molecule has 0 bridgehead atoms. The number of hydrogen-bond acceptors (Lipinski definition) is 22. The molecule has 3 aliphatic heterocycles. The van der Waals surface area contributed by atoms with Crippen molar-refractivity contribution in [2.24, 2.45) is 53.3 Å². The average molecular weight is 1490 g/mol. The zero-order chi connectivity index (χ0) is 77.3. The van der Waals surface area contributed by atoms with Crippen molar-refractivity contribution in [3.63, 3.8) is 0 Å². The predicted octanol–water partition coefficient (Wildman–Crippen LogP) is 6.78. The normalized spacial score (nSPS) is 24.8. The van der Waals surface area contributed by atoms with Crippen LogP contribution in [-0.2, 0) is 95.4 Å². The second kappa shape index (κ2) is 46.3. The minimum absolute atomic E-state index is 0.0302. The van der Waals surface area contributed by atoms with Crippen LogP contribution in [0.1, 0.15) is 173 Å². The molecule has 0 spiro atoms. The number of carbonyl (C=O) groups is 11. The Morgan fingerprint density at radius 2 is 0.769 bits per heavy atom. The Hall–Kier alpha value is -6.84. The summed E-state index contributed by atoms with van der Waals surface area (Å²) in [6.45, 7) is 22.0. The molecular weight excluding hydrogens is 1380 g/mol. The molecule has 590 valence electrons. The molecule has 4 rings (SSSR count). The van der Waals surface area contributed by atoms with Gasteiger partial charge in [0.25, 0.3) is 0 Å². The smallest absolute Gasteiger partial charge is 0.311 e. The third-order valence-corrected chi connectivity index (χ3v) is 20.0. The minimum Gasteiger partial charge on any atom is -0.463 e. The number of nitrogens with one attached hydrogen (secondary N) is 5. The van der Waals surface area contributed by atoms with Gasteiger partial charge in [-0.1, -0.05) is 62.3 Å². The summed E-state index contributed by atoms with van der Waals surface area (Å²) in [4.78, 5) is 143. The van der Waals surface area contributed by atoms with Crippen LogP contribution in [0.15, 0.2) is 0 Å². The summed E-state index contributed by atoms with van der Waals surface area (Å²) in [6.07, 6.45) is -2.98. The fourth-order valence-electron chi connectivity index (χ4n) is 12.3. The van der Waals surface area contributed by atoms with E-state index in [4.69, 9.17) is 42.6 Å². The van der Waals surface area contributed by atoms with E-state index in [0.29, 0.717) is 45.1 Å². The van der Waals surface area contributed by atoms with Crippen molar-refractivity contribution in [1.29, 1.82) is 0 Å². The molecule has 3 saturated heterocycles. The number of ether oxygens (including phenoxy) is 10. The van der Waals surface area contributed by atoms with E-state index in [1.807, 2.05) is 41.5 Å². The topological polar surface area (TPSA) is 343 Å². The molecule has 0 radical (unpaired) electrons. The van der Waals surface area contributed by atoms with E-state index in [0.717, 1.165) is 0 Å². The molecule has 7 unspecified atom stereocenters. The summed E-state index contributed by atoms with van der Waals surface area (Å²) in [5.74, 6) is -19.8. The number of Topliss-reactive ketones (excluding diaryl/α,β-unsaturated/α-hetero) is 2. The summed E-state index contributed by atoms with van der Waals surface area (Å²) >= 11 is 0. The first-order valence-corrected chi connectivity index (χ1v) is 36.3. The third-order valence-electron chi connectivity index (χ3n) is 20.0. The van der Waals surface area contributed by atoms with Gasteiger partial charge >= 0.3 is 23.9 Å². The highest BCUT2D eigenvalue weighted by atomic mass is 19.2. The van der Waals surface area contributed by atoms with E-state index in [-0.39, 0.29) is 163 Å². The van der Waals surface area contributed by atoms with Crippen LogP contribution in [0, 0.1) is 82.3 Å². The van der Waals surface area contributed by atoms with Crippen LogP contribution < -0.4 is 31.3 Å². The fraction of sp³-hybridized carbons (Fsp3) is 0.764. The van der Waals surface area contributed by atoms with Gasteiger partial charge in [0.2, 0.25) is 64.4 Å². The number of halogens is 5. The summed E-state index contributed by atoms with van der Waals surface area (Å²) in [5.41, 5.74) is 0. The van der Waals surface area contributed by atoms with Crippen molar-refractivity contribution >= 4 is 65.0 Å². The molecule has 5 amide bonds. The van der Waals surface area contributed by atoms with Gasteiger partial charge in [-0.05, 0) is 86.9 Å². The monoisotopic (exact) mass is 1490 g/mol. The first-order valence-electron chi connectivity index (χ1n) is 36.3. The fourth-order valence-corrected chi connectivity index (χ4v) is 12.3. The Balaban J connectivity index is 1.42. The van der Waals surface area contributed by atoms with Gasteiger partial charge in [0.1, 0.15) is 25.6 Å². The number of carbonyl (C=O) groups excluding carboxylic acids is 11. The van der Waals surface area contributed by atoms with Crippen LogP contribution in [0.4, 0.5) is 22.0 Å². The summed E-state index contributed by atoms with van der Waals surface area (Å²) in [6, 6.07) is -1.39. The average Bonchev–Trinajstić information content (AvgIpc) is 0.815. The van der Waals surface area contributed by atoms with Crippen LogP contribution in [-0.4, -0.2) is 199 Å². The molecule has 0 aliphatic carbocycles. The minimum atomic E-state index is -2.47. The molecule has 5 N–H and O–H groups in total. The molecule has 0 saturated carbocycles. The Bertz CT molecular complexity index is 2870. The Labute approximate surface area is 606 Å². The number of unbranched alkanes of at least 4 members (excludes halogenated alkanes) is 3. The lowest BCUT2D eigenvalue weighted by Crippen LogP contribution is -2.51. The zero-order valence-electron chi connectivity index (χ0n) is 62.2. The molecule has 104 heavy (non-hydrogen) atoms. The first-order chi connectivity index (χ1) is 49.2. The standard InChI is InChI=1S/C72H111F5N6O21/c1-40-43(4)55(37-98-49(10)84)101-70(46(40)7)95-31-16-13-27-78-59(90)24-22-52(87)35-83(36-62(93)82-34-61(92)80-29-15-18-33-97-72-48(9)42(3)45(6)57(103-72)39-100-51(12)86)53(26-30-81-58(89)20-19-21-63(94)104-69-67(76)65(74)64(73)66(75)68(69)77)54(88)23-25-60(91)79-28-14-17-32-96-71-47(8)41(2)44(5)56(102-71)38-99-50(11)85/h40-48,53,55-57,70-72H,13-39H2,1-12H3,(H,78,90)(H,79,91)(H,80,92)(H,81,89)(H,82,93)/t40-,41-,42-,43+,44+,45+,46?,47?,48?,53?,55?,56?,57?,70+,71+,72+/m0/s1. The van der Waals surface area contributed by atoms with Crippen LogP contribution in [0.25, 0.3) is 0 Å². The maximum Gasteiger partial charge on any atom is 0.311 e. The van der Waals surface area contributed by atoms with Gasteiger partial charge in [-0.15, -0.1) is 0 Å². The molecule has 27 nitrogen and oxygen atoms in total. The molecular formula is C72H111F5N6O21. The molecule has 1 aromatic rings. The lowest BCUT2D eigenvalue weighted by Gasteiger charge is -2.43. The molecule has 3 heterocycles. The maximum atomic E-state index is 14.5. The largest absolute Gasteiger partial charge is 0.463 e. The van der Waals surface area contributed by atoms with Gasteiger partial charge in [0.15, 0.2) is 24.7 Å². The second-order valence-electron chi connectivity index (χ2n) is 27.6. The van der Waals surface area contributed by atoms with Crippen LogP contribution >= 0.6 is 0 Å². The molecule has 0 aromatic heterocycles. The van der Waals surface area contributed by atoms with Gasteiger partial charge in [-0.2, -0.15) is 8.78 Å². The number of rotatable bonds is 46. The molecule has 32 heteroatoms. The van der Waals surface area contributed by atoms with Crippen molar-refractivity contribution in [2.75, 3.05) is 85.5 Å². The Morgan fingerprint density at radius 1 is 0.394 bits per heavy atom. The number of amides is 5. The summed E-state index contributed by atoms with van der Waals surface area (Å²) in [7, 11) is 0. The van der Waals surface area contributed by atoms with E-state index >= 15 is 0 Å². The molecule has 1 aromatic carbocycles. The molecule has 3 aliphatic rings. The van der Waals surface area contributed by atoms with Crippen molar-refractivity contribution in [3.8, 4) is 5.75 Å². The van der Waals surface area contributed by atoms with E-state index < -0.39 is 164 Å². The van der Waals surface area contributed by atoms with E-state index in [2.05, 4.69) is 52.1 Å². The van der Waals surface area contributed by atoms with Crippen LogP contribution in [0.5, 0.6) is 5.75 Å². The quantitative estimate of drug-likeness (QED) is 0.00854. The van der Waals surface area contributed by atoms with E-state index in [1.54, 1.807) is 0 Å². The van der Waals surface area contributed by atoms with Crippen molar-refractivity contribution in [2.45, 2.75) is 216 Å². The number of benzene rings is 1. The summed E-state index contributed by atoms with van der Waals surface area (Å²) < 4.78 is 126. The van der Waals surface area contributed by atoms with Crippen molar-refractivity contribution < 1.29 is 122 Å². The Morgan fingerprint density at radius 3 is 1.18 bits per heavy atom. The second-order valence-corrected chi connectivity index (χ2v) is 27.6. The van der Waals surface area contributed by atoms with Gasteiger partial charge in [0, 0.05) is 123 Å². The van der Waals surface area contributed by atoms with E-state index in [1.165, 1.54) is 25.7 Å². The predicted molar refractivity (Wildman–Crippen MR) is 363 cm³/mol. The van der Waals surface area contributed by atoms with Crippen molar-refractivity contribution in [3.05, 3.63) is 29.1 Å². The van der Waals surface area contributed by atoms with Crippen molar-refractivity contribution in [1.82, 2.24) is 31.5 Å². The lowest BCUT2D eigenvalue weighted by molar-refractivity contribution is -0.255. The molecule has 16 atom stereocenters. The zero-order valence-corrected chi connectivity index (χ0v) is 62.2. The highest BCUT2D eigenvalue weighted by molar-refractivity contribution is 5.92. The highest BCUT2D eigenvalue weighted by Crippen LogP contribution is 2.39. The van der Waals surface area contributed by atoms with Gasteiger partial charge < -0.3 is 74.0 Å². The first kappa shape index (κ1) is 89.6. The van der Waals surface area contributed by atoms with E-state index in [9.17, 15) is 74.7 Å². The SMILES string of the molecule is CC(=O)OCC1O[C@@H](OCCCCNC(=O)CCC(=O)CN(CC(=O)NCC(=O)NCCCCO[C@@H]2OC(COC(C)=O)[C@H](C)[C@H](C)C2C)C(CCNC(=O)CCCC(=O)Oc2c(F)c(F)c(F)c(F)c2F)C(=O)CCC(=O)NCCCCO[C@@H]2OC(COC(C)=O)[C@H](C)[C@H](C)C2C)C(C)[C@@H](C)[C@H]1C. The van der Waals surface area contributed by atoms with Crippen LogP contribution in [0.3, 0.4) is 0 Å². The van der Waals surface area contributed by atoms with Gasteiger partial charge in [-0.3, -0.25) is 57.6 Å². The van der Waals surface area contributed by atoms with Gasteiger partial charge in [-0.25, -0.2) is 13.2 Å². The highest BCUT2D eigenvalue weighted by Gasteiger charge is 2.43. The molecule has 3 fully saturated rings. The number of ketones is 2.